The van der Waals surface area contributed by atoms with E-state index in [0.29, 0.717) is 0 Å². The van der Waals surface area contributed by atoms with Crippen molar-refractivity contribution in [3.05, 3.63) is 29.3 Å². The summed E-state index contributed by atoms with van der Waals surface area (Å²) in [6.45, 7) is 4.28. The zero-order chi connectivity index (χ0) is 11.3. The van der Waals surface area contributed by atoms with Gasteiger partial charge in [0.15, 0.2) is 0 Å². The van der Waals surface area contributed by atoms with Gasteiger partial charge in [-0.25, -0.2) is 0 Å². The molecule has 0 aliphatic rings. The zero-order valence-electron chi connectivity index (χ0n) is 9.99. The average Bonchev–Trinajstić information content (AvgIpc) is 2.25. The smallest absolute Gasteiger partial charge is 0.0937 e. The first-order valence-corrected chi connectivity index (χ1v) is 5.38. The van der Waals surface area contributed by atoms with Crippen molar-refractivity contribution < 1.29 is 0 Å². The molecule has 0 bridgehead atoms. The fraction of sp³-hybridized carbons (Fsp3) is 0.500. The summed E-state index contributed by atoms with van der Waals surface area (Å²) in [4.78, 5) is 0. The highest BCUT2D eigenvalue weighted by Crippen LogP contribution is 2.25. The number of hydrogen-bond acceptors (Lipinski definition) is 2. The Morgan fingerprint density at radius 2 is 1.60 bits per heavy atom. The summed E-state index contributed by atoms with van der Waals surface area (Å²) in [7, 11) is 3.76. The third-order valence-corrected chi connectivity index (χ3v) is 2.29. The first kappa shape index (κ1) is 11.7. The SMILES string of the molecule is CCc1cccc(CC)c1N=NN(C)C. The van der Waals surface area contributed by atoms with Crippen LogP contribution in [0.4, 0.5) is 5.69 Å². The molecule has 3 heteroatoms. The molecule has 1 rings (SSSR count). The van der Waals surface area contributed by atoms with E-state index in [0.717, 1.165) is 18.5 Å². The minimum atomic E-state index is 0.996. The zero-order valence-corrected chi connectivity index (χ0v) is 9.99. The van der Waals surface area contributed by atoms with Gasteiger partial charge in [-0.15, -0.1) is 5.11 Å². The van der Waals surface area contributed by atoms with E-state index in [1.54, 1.807) is 5.01 Å². The Morgan fingerprint density at radius 3 is 2.00 bits per heavy atom. The summed E-state index contributed by atoms with van der Waals surface area (Å²) >= 11 is 0. The van der Waals surface area contributed by atoms with Gasteiger partial charge < -0.3 is 0 Å². The predicted octanol–water partition coefficient (Wildman–Crippen LogP) is 3.37. The maximum atomic E-state index is 4.30. The van der Waals surface area contributed by atoms with Crippen molar-refractivity contribution in [1.29, 1.82) is 0 Å². The van der Waals surface area contributed by atoms with Gasteiger partial charge in [0.2, 0.25) is 0 Å². The van der Waals surface area contributed by atoms with Crippen molar-refractivity contribution >= 4 is 5.69 Å². The summed E-state index contributed by atoms with van der Waals surface area (Å²) in [6, 6.07) is 6.32. The van der Waals surface area contributed by atoms with Crippen molar-refractivity contribution in [1.82, 2.24) is 5.01 Å². The fourth-order valence-electron chi connectivity index (χ4n) is 1.48. The molecule has 0 aliphatic heterocycles. The Morgan fingerprint density at radius 1 is 1.07 bits per heavy atom. The number of hydrogen-bond donors (Lipinski definition) is 0. The van der Waals surface area contributed by atoms with Gasteiger partial charge >= 0.3 is 0 Å². The molecule has 3 nitrogen and oxygen atoms in total. The minimum absolute atomic E-state index is 0.996. The lowest BCUT2D eigenvalue weighted by Gasteiger charge is -2.08. The molecule has 0 saturated carbocycles. The molecule has 0 aliphatic carbocycles. The van der Waals surface area contributed by atoms with E-state index < -0.39 is 0 Å². The van der Waals surface area contributed by atoms with Crippen LogP contribution in [0.2, 0.25) is 0 Å². The highest BCUT2D eigenvalue weighted by Gasteiger charge is 2.04. The van der Waals surface area contributed by atoms with Gasteiger partial charge in [0.05, 0.1) is 5.69 Å². The normalized spacial score (nSPS) is 10.9. The number of nitrogens with zero attached hydrogens (tertiary/aromatic N) is 3. The van der Waals surface area contributed by atoms with Crippen molar-refractivity contribution in [2.24, 2.45) is 10.3 Å². The third kappa shape index (κ3) is 3.05. The molecule has 82 valence electrons. The Bertz CT molecular complexity index is 320. The van der Waals surface area contributed by atoms with Crippen LogP contribution >= 0.6 is 0 Å². The summed E-state index contributed by atoms with van der Waals surface area (Å²) in [5, 5.41) is 10.1. The van der Waals surface area contributed by atoms with Gasteiger partial charge in [-0.2, -0.15) is 0 Å². The first-order chi connectivity index (χ1) is 7.19. The first-order valence-electron chi connectivity index (χ1n) is 5.38. The highest BCUT2D eigenvalue weighted by molar-refractivity contribution is 5.52. The van der Waals surface area contributed by atoms with E-state index in [1.165, 1.54) is 11.1 Å². The quantitative estimate of drug-likeness (QED) is 0.547. The van der Waals surface area contributed by atoms with Crippen molar-refractivity contribution in [3.8, 4) is 0 Å². The molecule has 0 spiro atoms. The van der Waals surface area contributed by atoms with E-state index in [1.807, 2.05) is 14.1 Å². The second-order valence-corrected chi connectivity index (χ2v) is 3.67. The van der Waals surface area contributed by atoms with Gasteiger partial charge in [-0.3, -0.25) is 5.01 Å². The standard InChI is InChI=1S/C12H19N3/c1-5-10-8-7-9-11(6-2)12(10)13-14-15(3)4/h7-9H,5-6H2,1-4H3. The van der Waals surface area contributed by atoms with Crippen LogP contribution in [0.15, 0.2) is 28.5 Å². The van der Waals surface area contributed by atoms with Crippen LogP contribution < -0.4 is 0 Å². The number of benzene rings is 1. The van der Waals surface area contributed by atoms with E-state index in [-0.39, 0.29) is 0 Å². The van der Waals surface area contributed by atoms with Crippen molar-refractivity contribution in [3.63, 3.8) is 0 Å². The fourth-order valence-corrected chi connectivity index (χ4v) is 1.48. The van der Waals surface area contributed by atoms with Crippen molar-refractivity contribution in [2.45, 2.75) is 26.7 Å². The summed E-state index contributed by atoms with van der Waals surface area (Å²) in [6.07, 6.45) is 1.99. The van der Waals surface area contributed by atoms with E-state index in [2.05, 4.69) is 42.4 Å². The van der Waals surface area contributed by atoms with Gasteiger partial charge in [-0.05, 0) is 24.0 Å². The summed E-state index contributed by atoms with van der Waals surface area (Å²) < 4.78 is 0. The molecule has 0 atom stereocenters. The monoisotopic (exact) mass is 205 g/mol. The lowest BCUT2D eigenvalue weighted by atomic mass is 10.0. The topological polar surface area (TPSA) is 28.0 Å². The molecule has 1 aromatic rings. The number of rotatable bonds is 4. The molecule has 0 heterocycles. The van der Waals surface area contributed by atoms with Crippen LogP contribution in [-0.2, 0) is 12.8 Å². The lowest BCUT2D eigenvalue weighted by Crippen LogP contribution is -1.99. The third-order valence-electron chi connectivity index (χ3n) is 2.29. The molecule has 0 radical (unpaired) electrons. The molecule has 0 saturated heterocycles. The maximum absolute atomic E-state index is 4.30. The van der Waals surface area contributed by atoms with Gasteiger partial charge in [0, 0.05) is 14.1 Å². The molecule has 0 fully saturated rings. The van der Waals surface area contributed by atoms with Crippen LogP contribution in [0, 0.1) is 0 Å². The van der Waals surface area contributed by atoms with E-state index in [4.69, 9.17) is 0 Å². The lowest BCUT2D eigenvalue weighted by molar-refractivity contribution is 0.408. The van der Waals surface area contributed by atoms with Crippen molar-refractivity contribution in [2.75, 3.05) is 14.1 Å². The minimum Gasteiger partial charge on any atom is -0.285 e. The van der Waals surface area contributed by atoms with E-state index in [9.17, 15) is 0 Å². The second-order valence-electron chi connectivity index (χ2n) is 3.67. The molecule has 0 N–H and O–H groups in total. The molecule has 0 amide bonds. The molecule has 15 heavy (non-hydrogen) atoms. The predicted molar refractivity (Wildman–Crippen MR) is 63.4 cm³/mol. The van der Waals surface area contributed by atoms with Crippen LogP contribution in [-0.4, -0.2) is 19.1 Å². The van der Waals surface area contributed by atoms with E-state index >= 15 is 0 Å². The average molecular weight is 205 g/mol. The molecular formula is C12H19N3. The van der Waals surface area contributed by atoms with Gasteiger partial charge in [0.1, 0.15) is 0 Å². The molecule has 1 aromatic carbocycles. The Kier molecular flexibility index (Phi) is 4.28. The maximum Gasteiger partial charge on any atom is 0.0937 e. The Hall–Kier alpha value is -1.38. The summed E-state index contributed by atoms with van der Waals surface area (Å²) in [5.41, 5.74) is 3.57. The van der Waals surface area contributed by atoms with Gasteiger partial charge in [-0.1, -0.05) is 37.3 Å². The molecule has 0 unspecified atom stereocenters. The summed E-state index contributed by atoms with van der Waals surface area (Å²) in [5.74, 6) is 0. The number of aryl methyl sites for hydroxylation is 2. The van der Waals surface area contributed by atoms with Crippen LogP contribution in [0.25, 0.3) is 0 Å². The Labute approximate surface area is 91.8 Å². The van der Waals surface area contributed by atoms with Crippen LogP contribution in [0.1, 0.15) is 25.0 Å². The van der Waals surface area contributed by atoms with Crippen LogP contribution in [0.5, 0.6) is 0 Å². The molecular weight excluding hydrogens is 186 g/mol. The highest BCUT2D eigenvalue weighted by atomic mass is 15.5. The Balaban J connectivity index is 3.10. The largest absolute Gasteiger partial charge is 0.285 e. The van der Waals surface area contributed by atoms with Gasteiger partial charge in [0.25, 0.3) is 0 Å². The molecule has 0 aromatic heterocycles. The second kappa shape index (κ2) is 5.49. The van der Waals surface area contributed by atoms with Crippen LogP contribution in [0.3, 0.4) is 0 Å².